The van der Waals surface area contributed by atoms with Gasteiger partial charge in [-0.05, 0) is 27.7 Å². The molecule has 3 unspecified atom stereocenters. The summed E-state index contributed by atoms with van der Waals surface area (Å²) in [6.07, 6.45) is 0. The van der Waals surface area contributed by atoms with E-state index in [2.05, 4.69) is 10.3 Å². The second-order valence-corrected chi connectivity index (χ2v) is 5.72. The summed E-state index contributed by atoms with van der Waals surface area (Å²) in [6.45, 7) is 9.64. The van der Waals surface area contributed by atoms with Gasteiger partial charge in [0.15, 0.2) is 0 Å². The van der Waals surface area contributed by atoms with Crippen LogP contribution in [0, 0.1) is 19.8 Å². The number of thiazole rings is 1. The Morgan fingerprint density at radius 3 is 2.35 bits per heavy atom. The molecule has 3 atom stereocenters. The molecule has 0 fully saturated rings. The number of hydrogen-bond acceptors (Lipinski definition) is 4. The number of aryl methyl sites for hydroxylation is 2. The van der Waals surface area contributed by atoms with E-state index in [1.807, 2.05) is 27.7 Å². The number of carboxylic acids is 1. The monoisotopic (exact) mass is 256 g/mol. The predicted octanol–water partition coefficient (Wildman–Crippen LogP) is 2.52. The van der Waals surface area contributed by atoms with E-state index in [9.17, 15) is 4.79 Å². The molecule has 1 aromatic rings. The van der Waals surface area contributed by atoms with Crippen molar-refractivity contribution in [3.63, 3.8) is 0 Å². The van der Waals surface area contributed by atoms with Crippen LogP contribution < -0.4 is 5.32 Å². The van der Waals surface area contributed by atoms with Gasteiger partial charge in [-0.3, -0.25) is 4.79 Å². The van der Waals surface area contributed by atoms with E-state index >= 15 is 0 Å². The first-order valence-corrected chi connectivity index (χ1v) is 6.57. The molecule has 96 valence electrons. The molecule has 0 radical (unpaired) electrons. The first-order valence-electron chi connectivity index (χ1n) is 5.75. The Bertz CT molecular complexity index is 403. The molecule has 0 aliphatic carbocycles. The number of rotatable bonds is 5. The molecule has 0 aliphatic rings. The largest absolute Gasteiger partial charge is 0.481 e. The summed E-state index contributed by atoms with van der Waals surface area (Å²) in [4.78, 5) is 16.4. The molecule has 0 saturated carbocycles. The fourth-order valence-corrected chi connectivity index (χ4v) is 2.72. The zero-order valence-electron chi connectivity index (χ0n) is 10.9. The third-order valence-electron chi connectivity index (χ3n) is 2.99. The molecule has 1 aromatic heterocycles. The van der Waals surface area contributed by atoms with Crippen molar-refractivity contribution in [3.05, 3.63) is 15.6 Å². The molecule has 17 heavy (non-hydrogen) atoms. The molecule has 2 N–H and O–H groups in total. The predicted molar refractivity (Wildman–Crippen MR) is 69.4 cm³/mol. The topological polar surface area (TPSA) is 62.2 Å². The number of aromatic nitrogens is 1. The van der Waals surface area contributed by atoms with Gasteiger partial charge in [0.25, 0.3) is 0 Å². The van der Waals surface area contributed by atoms with Crippen LogP contribution in [0.4, 0.5) is 0 Å². The molecular formula is C12H20N2O2S. The highest BCUT2D eigenvalue weighted by Gasteiger charge is 2.22. The van der Waals surface area contributed by atoms with E-state index in [0.717, 1.165) is 10.7 Å². The van der Waals surface area contributed by atoms with E-state index in [4.69, 9.17) is 5.11 Å². The molecule has 1 rings (SSSR count). The SMILES string of the molecule is Cc1nc(C)c(C(C)NC(C)C(C)C(=O)O)s1. The molecule has 0 bridgehead atoms. The van der Waals surface area contributed by atoms with Crippen LogP contribution in [0.5, 0.6) is 0 Å². The lowest BCUT2D eigenvalue weighted by Crippen LogP contribution is -2.37. The Hall–Kier alpha value is -0.940. The van der Waals surface area contributed by atoms with Gasteiger partial charge in [-0.25, -0.2) is 4.98 Å². The van der Waals surface area contributed by atoms with Gasteiger partial charge in [-0.2, -0.15) is 0 Å². The van der Waals surface area contributed by atoms with Crippen LogP contribution in [-0.4, -0.2) is 22.1 Å². The Morgan fingerprint density at radius 1 is 1.35 bits per heavy atom. The fourth-order valence-electron chi connectivity index (χ4n) is 1.78. The number of carboxylic acid groups (broad SMARTS) is 1. The highest BCUT2D eigenvalue weighted by molar-refractivity contribution is 7.11. The summed E-state index contributed by atoms with van der Waals surface area (Å²) >= 11 is 1.66. The number of hydrogen-bond donors (Lipinski definition) is 2. The Kier molecular flexibility index (Phi) is 4.65. The average Bonchev–Trinajstić information content (AvgIpc) is 2.56. The molecule has 1 heterocycles. The molecular weight excluding hydrogens is 236 g/mol. The van der Waals surface area contributed by atoms with Gasteiger partial charge in [-0.1, -0.05) is 6.92 Å². The summed E-state index contributed by atoms with van der Waals surface area (Å²) in [7, 11) is 0. The van der Waals surface area contributed by atoms with Crippen molar-refractivity contribution in [3.8, 4) is 0 Å². The second-order valence-electron chi connectivity index (χ2n) is 4.49. The third-order valence-corrected chi connectivity index (χ3v) is 4.24. The lowest BCUT2D eigenvalue weighted by atomic mass is 10.0. The van der Waals surface area contributed by atoms with E-state index in [1.54, 1.807) is 18.3 Å². The van der Waals surface area contributed by atoms with Gasteiger partial charge in [-0.15, -0.1) is 11.3 Å². The van der Waals surface area contributed by atoms with Gasteiger partial charge < -0.3 is 10.4 Å². The lowest BCUT2D eigenvalue weighted by molar-refractivity contribution is -0.142. The van der Waals surface area contributed by atoms with Crippen molar-refractivity contribution in [1.82, 2.24) is 10.3 Å². The van der Waals surface area contributed by atoms with Crippen molar-refractivity contribution in [2.45, 2.75) is 46.7 Å². The zero-order chi connectivity index (χ0) is 13.2. The van der Waals surface area contributed by atoms with Crippen LogP contribution in [0.2, 0.25) is 0 Å². The summed E-state index contributed by atoms with van der Waals surface area (Å²) in [6, 6.07) is 0.0716. The molecule has 0 amide bonds. The summed E-state index contributed by atoms with van der Waals surface area (Å²) in [5, 5.41) is 13.3. The Balaban J connectivity index is 2.69. The van der Waals surface area contributed by atoms with Crippen molar-refractivity contribution in [2.75, 3.05) is 0 Å². The number of aliphatic carboxylic acids is 1. The van der Waals surface area contributed by atoms with E-state index in [1.165, 1.54) is 4.88 Å². The summed E-state index contributed by atoms with van der Waals surface area (Å²) in [5.41, 5.74) is 1.03. The Morgan fingerprint density at radius 2 is 1.94 bits per heavy atom. The standard InChI is InChI=1S/C12H20N2O2S/c1-6(12(15)16)7(2)13-8(3)11-9(4)14-10(5)17-11/h6-8,13H,1-5H3,(H,15,16). The summed E-state index contributed by atoms with van der Waals surface area (Å²) in [5.74, 6) is -1.17. The van der Waals surface area contributed by atoms with Crippen molar-refractivity contribution in [2.24, 2.45) is 5.92 Å². The van der Waals surface area contributed by atoms with Crippen LogP contribution in [0.15, 0.2) is 0 Å². The van der Waals surface area contributed by atoms with E-state index < -0.39 is 11.9 Å². The quantitative estimate of drug-likeness (QED) is 0.849. The molecule has 0 spiro atoms. The maximum Gasteiger partial charge on any atom is 0.307 e. The van der Waals surface area contributed by atoms with Crippen molar-refractivity contribution < 1.29 is 9.90 Å². The fraction of sp³-hybridized carbons (Fsp3) is 0.667. The van der Waals surface area contributed by atoms with E-state index in [-0.39, 0.29) is 12.1 Å². The van der Waals surface area contributed by atoms with Crippen LogP contribution in [0.1, 0.15) is 42.4 Å². The molecule has 5 heteroatoms. The summed E-state index contributed by atoms with van der Waals surface area (Å²) < 4.78 is 0. The zero-order valence-corrected chi connectivity index (χ0v) is 11.8. The van der Waals surface area contributed by atoms with Crippen molar-refractivity contribution in [1.29, 1.82) is 0 Å². The van der Waals surface area contributed by atoms with Gasteiger partial charge in [0.2, 0.25) is 0 Å². The minimum absolute atomic E-state index is 0.0655. The van der Waals surface area contributed by atoms with Gasteiger partial charge in [0.1, 0.15) is 0 Å². The van der Waals surface area contributed by atoms with Crippen LogP contribution in [0.3, 0.4) is 0 Å². The second kappa shape index (κ2) is 5.60. The van der Waals surface area contributed by atoms with Gasteiger partial charge >= 0.3 is 5.97 Å². The minimum atomic E-state index is -0.769. The third kappa shape index (κ3) is 3.51. The number of nitrogens with one attached hydrogen (secondary N) is 1. The van der Waals surface area contributed by atoms with E-state index in [0.29, 0.717) is 0 Å². The molecule has 0 aliphatic heterocycles. The highest BCUT2D eigenvalue weighted by atomic mass is 32.1. The average molecular weight is 256 g/mol. The van der Waals surface area contributed by atoms with Crippen LogP contribution >= 0.6 is 11.3 Å². The first-order chi connectivity index (χ1) is 7.82. The van der Waals surface area contributed by atoms with Crippen LogP contribution in [0.25, 0.3) is 0 Å². The Labute approximate surface area is 106 Å². The lowest BCUT2D eigenvalue weighted by Gasteiger charge is -2.22. The maximum absolute atomic E-state index is 10.9. The minimum Gasteiger partial charge on any atom is -0.481 e. The molecule has 0 aromatic carbocycles. The molecule has 0 saturated heterocycles. The highest BCUT2D eigenvalue weighted by Crippen LogP contribution is 2.25. The number of carbonyl (C=O) groups is 1. The van der Waals surface area contributed by atoms with Gasteiger partial charge in [0.05, 0.1) is 16.6 Å². The maximum atomic E-state index is 10.9. The van der Waals surface area contributed by atoms with Crippen LogP contribution in [-0.2, 0) is 4.79 Å². The van der Waals surface area contributed by atoms with Gasteiger partial charge in [0, 0.05) is 17.0 Å². The van der Waals surface area contributed by atoms with Crippen molar-refractivity contribution >= 4 is 17.3 Å². The smallest absolute Gasteiger partial charge is 0.307 e. The molecule has 4 nitrogen and oxygen atoms in total. The first kappa shape index (κ1) is 14.1. The normalized spacial score (nSPS) is 16.5. The number of nitrogens with zero attached hydrogens (tertiary/aromatic N) is 1.